The number of hydrogen-bond donors (Lipinski definition) is 0. The lowest BCUT2D eigenvalue weighted by Crippen LogP contribution is -1.81. The largest absolute Gasteiger partial charge is 0.341 e. The molecule has 0 saturated heterocycles. The number of rotatable bonds is 1. The van der Waals surface area contributed by atoms with E-state index in [1.54, 1.807) is 0 Å². The molecule has 1 aromatic heterocycles. The lowest BCUT2D eigenvalue weighted by Gasteiger charge is -1.94. The Kier molecular flexibility index (Phi) is 2.11. The molecule has 0 amide bonds. The van der Waals surface area contributed by atoms with E-state index >= 15 is 0 Å². The highest BCUT2D eigenvalue weighted by molar-refractivity contribution is 6.29. The van der Waals surface area contributed by atoms with Crippen molar-refractivity contribution in [1.82, 2.24) is 4.57 Å². The van der Waals surface area contributed by atoms with Gasteiger partial charge in [-0.1, -0.05) is 41.9 Å². The van der Waals surface area contributed by atoms with Crippen molar-refractivity contribution in [2.24, 2.45) is 7.05 Å². The van der Waals surface area contributed by atoms with Crippen LogP contribution in [0.15, 0.2) is 36.5 Å². The van der Waals surface area contributed by atoms with Gasteiger partial charge in [-0.15, -0.1) is 0 Å². The highest BCUT2D eigenvalue weighted by atomic mass is 35.5. The number of nitrogens with zero attached hydrogens (tertiary/aromatic N) is 1. The molecule has 1 radical (unpaired) electrons. The van der Waals surface area contributed by atoms with Crippen LogP contribution in [-0.2, 0) is 7.05 Å². The molecule has 0 aliphatic rings. The highest BCUT2D eigenvalue weighted by Gasteiger charge is 2.02. The van der Waals surface area contributed by atoms with Crippen molar-refractivity contribution in [3.63, 3.8) is 0 Å². The van der Waals surface area contributed by atoms with Gasteiger partial charge in [0, 0.05) is 24.9 Å². The van der Waals surface area contributed by atoms with Crippen LogP contribution in [-0.4, -0.2) is 4.57 Å². The average Bonchev–Trinajstić information content (AvgIpc) is 2.49. The minimum Gasteiger partial charge on any atom is -0.341 e. The van der Waals surface area contributed by atoms with Gasteiger partial charge in [-0.25, -0.2) is 0 Å². The monoisotopic (exact) mass is 190 g/mol. The van der Waals surface area contributed by atoms with Crippen LogP contribution in [0.1, 0.15) is 0 Å². The first-order valence-electron chi connectivity index (χ1n) is 4.07. The zero-order valence-corrected chi connectivity index (χ0v) is 8.05. The Bertz CT molecular complexity index is 384. The minimum atomic E-state index is 0.638. The molecule has 1 heterocycles. The molecule has 0 aliphatic carbocycles. The van der Waals surface area contributed by atoms with Gasteiger partial charge in [0.1, 0.15) is 5.15 Å². The van der Waals surface area contributed by atoms with Gasteiger partial charge in [-0.05, 0) is 5.56 Å². The van der Waals surface area contributed by atoms with Gasteiger partial charge in [-0.3, -0.25) is 0 Å². The fourth-order valence-electron chi connectivity index (χ4n) is 1.25. The summed E-state index contributed by atoms with van der Waals surface area (Å²) in [6.07, 6.45) is 1.97. The summed E-state index contributed by atoms with van der Waals surface area (Å²) >= 11 is 5.89. The maximum Gasteiger partial charge on any atom is 0.117 e. The van der Waals surface area contributed by atoms with Crippen molar-refractivity contribution in [2.45, 2.75) is 0 Å². The van der Waals surface area contributed by atoms with Crippen molar-refractivity contribution >= 4 is 11.6 Å². The van der Waals surface area contributed by atoms with E-state index in [0.717, 1.165) is 11.1 Å². The van der Waals surface area contributed by atoms with Crippen molar-refractivity contribution in [2.75, 3.05) is 0 Å². The SMILES string of the molecule is Cn1cc(-c2ccccc2)[c]c1Cl. The molecule has 65 valence electrons. The van der Waals surface area contributed by atoms with Gasteiger partial charge >= 0.3 is 0 Å². The van der Waals surface area contributed by atoms with Crippen LogP contribution in [0.4, 0.5) is 0 Å². The average molecular weight is 191 g/mol. The maximum atomic E-state index is 5.89. The molecule has 0 saturated carbocycles. The molecule has 0 atom stereocenters. The van der Waals surface area contributed by atoms with Gasteiger partial charge in [0.15, 0.2) is 0 Å². The smallest absolute Gasteiger partial charge is 0.117 e. The van der Waals surface area contributed by atoms with Crippen molar-refractivity contribution in [3.8, 4) is 11.1 Å². The number of aryl methyl sites for hydroxylation is 1. The van der Waals surface area contributed by atoms with Crippen LogP contribution in [0.2, 0.25) is 5.15 Å². The third-order valence-corrected chi connectivity index (χ3v) is 2.32. The Labute approximate surface area is 82.6 Å². The molecule has 1 nitrogen and oxygen atoms in total. The Morgan fingerprint density at radius 3 is 2.46 bits per heavy atom. The molecule has 0 spiro atoms. The first-order chi connectivity index (χ1) is 6.27. The molecule has 1 aromatic carbocycles. The molecule has 2 heteroatoms. The molecular formula is C11H9ClN. The first kappa shape index (κ1) is 8.39. The third kappa shape index (κ3) is 1.61. The molecule has 0 aliphatic heterocycles. The Balaban J connectivity index is 2.48. The summed E-state index contributed by atoms with van der Waals surface area (Å²) in [5.41, 5.74) is 2.18. The molecule has 0 N–H and O–H groups in total. The molecule has 0 unspecified atom stereocenters. The summed E-state index contributed by atoms with van der Waals surface area (Å²) < 4.78 is 1.85. The number of halogens is 1. The van der Waals surface area contributed by atoms with Gasteiger partial charge in [0.25, 0.3) is 0 Å². The zero-order chi connectivity index (χ0) is 9.26. The van der Waals surface area contributed by atoms with E-state index in [2.05, 4.69) is 6.07 Å². The number of benzene rings is 1. The van der Waals surface area contributed by atoms with Gasteiger partial charge < -0.3 is 4.57 Å². The second-order valence-corrected chi connectivity index (χ2v) is 3.29. The Morgan fingerprint density at radius 2 is 1.92 bits per heavy atom. The molecule has 2 aromatic rings. The Hall–Kier alpha value is -1.21. The van der Waals surface area contributed by atoms with Crippen LogP contribution >= 0.6 is 11.6 Å². The van der Waals surface area contributed by atoms with Crippen LogP contribution in [0.25, 0.3) is 11.1 Å². The van der Waals surface area contributed by atoms with Gasteiger partial charge in [0.05, 0.1) is 0 Å². The summed E-state index contributed by atoms with van der Waals surface area (Å²) in [5.74, 6) is 0. The van der Waals surface area contributed by atoms with Gasteiger partial charge in [0.2, 0.25) is 0 Å². The van der Waals surface area contributed by atoms with E-state index in [4.69, 9.17) is 11.6 Å². The second kappa shape index (κ2) is 3.27. The van der Waals surface area contributed by atoms with E-state index in [1.165, 1.54) is 0 Å². The zero-order valence-electron chi connectivity index (χ0n) is 7.29. The van der Waals surface area contributed by atoms with Crippen molar-refractivity contribution in [3.05, 3.63) is 47.7 Å². The Morgan fingerprint density at radius 1 is 1.23 bits per heavy atom. The van der Waals surface area contributed by atoms with Crippen LogP contribution in [0.3, 0.4) is 0 Å². The first-order valence-corrected chi connectivity index (χ1v) is 4.45. The summed E-state index contributed by atoms with van der Waals surface area (Å²) in [6.45, 7) is 0. The second-order valence-electron chi connectivity index (χ2n) is 2.94. The van der Waals surface area contributed by atoms with E-state index in [1.807, 2.05) is 48.1 Å². The van der Waals surface area contributed by atoms with E-state index in [-0.39, 0.29) is 0 Å². The van der Waals surface area contributed by atoms with E-state index in [0.29, 0.717) is 5.15 Å². The third-order valence-electron chi connectivity index (χ3n) is 1.96. The molecule has 0 fully saturated rings. The molecule has 13 heavy (non-hydrogen) atoms. The predicted molar refractivity (Wildman–Crippen MR) is 54.7 cm³/mol. The molecule has 0 bridgehead atoms. The summed E-state index contributed by atoms with van der Waals surface area (Å²) in [5, 5.41) is 0.638. The van der Waals surface area contributed by atoms with Crippen LogP contribution in [0.5, 0.6) is 0 Å². The lowest BCUT2D eigenvalue weighted by atomic mass is 10.1. The summed E-state index contributed by atoms with van der Waals surface area (Å²) in [7, 11) is 1.91. The highest BCUT2D eigenvalue weighted by Crippen LogP contribution is 2.22. The predicted octanol–water partition coefficient (Wildman–Crippen LogP) is 3.15. The minimum absolute atomic E-state index is 0.638. The fourth-order valence-corrected chi connectivity index (χ4v) is 1.40. The topological polar surface area (TPSA) is 4.93 Å². The van der Waals surface area contributed by atoms with Gasteiger partial charge in [-0.2, -0.15) is 0 Å². The van der Waals surface area contributed by atoms with Crippen molar-refractivity contribution in [1.29, 1.82) is 0 Å². The maximum absolute atomic E-state index is 5.89. The lowest BCUT2D eigenvalue weighted by molar-refractivity contribution is 0.929. The molecule has 2 rings (SSSR count). The summed E-state index contributed by atoms with van der Waals surface area (Å²) in [4.78, 5) is 0. The quantitative estimate of drug-likeness (QED) is 0.651. The molecular weight excluding hydrogens is 182 g/mol. The van der Waals surface area contributed by atoms with Crippen molar-refractivity contribution < 1.29 is 0 Å². The fraction of sp³-hybridized carbons (Fsp3) is 0.0909. The number of aromatic nitrogens is 1. The summed E-state index contributed by atoms with van der Waals surface area (Å²) in [6, 6.07) is 13.2. The normalized spacial score (nSPS) is 10.3. The van der Waals surface area contributed by atoms with Crippen LogP contribution in [0, 0.1) is 6.07 Å². The van der Waals surface area contributed by atoms with E-state index < -0.39 is 0 Å². The van der Waals surface area contributed by atoms with E-state index in [9.17, 15) is 0 Å². The standard InChI is InChI=1S/C11H9ClN/c1-13-8-10(7-11(13)12)9-5-3-2-4-6-9/h2-6,8H,1H3. The number of hydrogen-bond acceptors (Lipinski definition) is 0. The van der Waals surface area contributed by atoms with Crippen LogP contribution < -0.4 is 0 Å².